The van der Waals surface area contributed by atoms with Gasteiger partial charge < -0.3 is 10.8 Å². The first-order valence-electron chi connectivity index (χ1n) is 7.30. The van der Waals surface area contributed by atoms with Crippen LogP contribution >= 0.6 is 0 Å². The molecule has 1 saturated carbocycles. The maximum Gasteiger partial charge on any atom is 0.0865 e. The van der Waals surface area contributed by atoms with Crippen molar-refractivity contribution in [1.82, 2.24) is 9.78 Å². The minimum atomic E-state index is -0.594. The second kappa shape index (κ2) is 5.67. The third-order valence-corrected chi connectivity index (χ3v) is 4.12. The van der Waals surface area contributed by atoms with Crippen LogP contribution < -0.4 is 5.73 Å². The second-order valence-corrected chi connectivity index (χ2v) is 5.57. The molecule has 2 aromatic rings. The molecule has 0 bridgehead atoms. The molecule has 1 aliphatic carbocycles. The summed E-state index contributed by atoms with van der Waals surface area (Å²) >= 11 is 0. The molecule has 1 aliphatic rings. The number of rotatable bonds is 4. The highest BCUT2D eigenvalue weighted by atomic mass is 16.3. The fourth-order valence-corrected chi connectivity index (χ4v) is 2.98. The van der Waals surface area contributed by atoms with Crippen molar-refractivity contribution in [1.29, 1.82) is 0 Å². The topological polar surface area (TPSA) is 64.1 Å². The quantitative estimate of drug-likeness (QED) is 0.840. The van der Waals surface area contributed by atoms with E-state index < -0.39 is 6.10 Å². The Morgan fingerprint density at radius 3 is 2.75 bits per heavy atom. The summed E-state index contributed by atoms with van der Waals surface area (Å²) in [6.45, 7) is 0. The third kappa shape index (κ3) is 2.70. The van der Waals surface area contributed by atoms with Gasteiger partial charge in [-0.15, -0.1) is 0 Å². The number of aliphatic hydroxyl groups excluding tert-OH is 1. The van der Waals surface area contributed by atoms with Gasteiger partial charge in [-0.05, 0) is 25.0 Å². The largest absolute Gasteiger partial charge is 0.398 e. The van der Waals surface area contributed by atoms with Crippen molar-refractivity contribution in [3.63, 3.8) is 0 Å². The lowest BCUT2D eigenvalue weighted by molar-refractivity contribution is 0.177. The van der Waals surface area contributed by atoms with Crippen molar-refractivity contribution >= 4 is 5.69 Å². The molecule has 3 N–H and O–H groups in total. The number of aliphatic hydroxyl groups is 1. The number of aromatic nitrogens is 2. The van der Waals surface area contributed by atoms with Crippen molar-refractivity contribution in [3.8, 4) is 0 Å². The molecule has 1 fully saturated rings. The van der Waals surface area contributed by atoms with Crippen molar-refractivity contribution in [2.45, 2.75) is 44.2 Å². The molecule has 1 aromatic carbocycles. The first kappa shape index (κ1) is 13.2. The summed E-state index contributed by atoms with van der Waals surface area (Å²) in [5, 5.41) is 14.9. The Morgan fingerprint density at radius 1 is 1.25 bits per heavy atom. The van der Waals surface area contributed by atoms with E-state index in [0.717, 1.165) is 11.3 Å². The van der Waals surface area contributed by atoms with Crippen LogP contribution in [0.1, 0.15) is 49.1 Å². The summed E-state index contributed by atoms with van der Waals surface area (Å²) in [4.78, 5) is 0. The van der Waals surface area contributed by atoms with Gasteiger partial charge in [0, 0.05) is 23.9 Å². The Balaban J connectivity index is 1.70. The van der Waals surface area contributed by atoms with Crippen LogP contribution in [0.4, 0.5) is 5.69 Å². The minimum absolute atomic E-state index is 0.508. The number of hydrogen-bond acceptors (Lipinski definition) is 3. The molecule has 1 aromatic heterocycles. The number of hydrogen-bond donors (Lipinski definition) is 2. The molecule has 1 heterocycles. The van der Waals surface area contributed by atoms with E-state index in [0.29, 0.717) is 18.2 Å². The smallest absolute Gasteiger partial charge is 0.0865 e. The standard InChI is InChI=1S/C16H21N3O/c17-15-8-4-3-7-14(15)16(20)11-12-9-10-19(18-12)13-5-1-2-6-13/h3-4,7-10,13,16,20H,1-2,5-6,11,17H2. The van der Waals surface area contributed by atoms with Crippen molar-refractivity contribution in [3.05, 3.63) is 47.8 Å². The zero-order valence-electron chi connectivity index (χ0n) is 11.6. The maximum absolute atomic E-state index is 10.3. The Morgan fingerprint density at radius 2 is 2.00 bits per heavy atom. The van der Waals surface area contributed by atoms with Gasteiger partial charge in [0.25, 0.3) is 0 Å². The fourth-order valence-electron chi connectivity index (χ4n) is 2.98. The number of nitrogens with two attached hydrogens (primary N) is 1. The highest BCUT2D eigenvalue weighted by molar-refractivity contribution is 5.47. The first-order chi connectivity index (χ1) is 9.74. The maximum atomic E-state index is 10.3. The Kier molecular flexibility index (Phi) is 3.74. The second-order valence-electron chi connectivity index (χ2n) is 5.57. The van der Waals surface area contributed by atoms with Crippen LogP contribution in [0, 0.1) is 0 Å². The predicted molar refractivity (Wildman–Crippen MR) is 79.3 cm³/mol. The van der Waals surface area contributed by atoms with E-state index in [2.05, 4.69) is 9.78 Å². The van der Waals surface area contributed by atoms with E-state index in [4.69, 9.17) is 5.73 Å². The van der Waals surface area contributed by atoms with Crippen LogP contribution in [0.15, 0.2) is 36.5 Å². The monoisotopic (exact) mass is 271 g/mol. The summed E-state index contributed by atoms with van der Waals surface area (Å²) in [5.74, 6) is 0. The third-order valence-electron chi connectivity index (χ3n) is 4.12. The normalized spacial score (nSPS) is 17.4. The SMILES string of the molecule is Nc1ccccc1C(O)Cc1ccn(C2CCCC2)n1. The van der Waals surface area contributed by atoms with Crippen LogP contribution in [0.3, 0.4) is 0 Å². The Hall–Kier alpha value is -1.81. The number of anilines is 1. The van der Waals surface area contributed by atoms with Crippen molar-refractivity contribution in [2.75, 3.05) is 5.73 Å². The average Bonchev–Trinajstić information content (AvgIpc) is 3.09. The number of nitrogen functional groups attached to an aromatic ring is 1. The number of para-hydroxylation sites is 1. The first-order valence-corrected chi connectivity index (χ1v) is 7.30. The van der Waals surface area contributed by atoms with E-state index in [1.807, 2.05) is 36.5 Å². The van der Waals surface area contributed by atoms with Gasteiger partial charge in [-0.1, -0.05) is 31.0 Å². The highest BCUT2D eigenvalue weighted by Gasteiger charge is 2.18. The van der Waals surface area contributed by atoms with E-state index in [9.17, 15) is 5.11 Å². The average molecular weight is 271 g/mol. The molecular weight excluding hydrogens is 250 g/mol. The molecular formula is C16H21N3O. The van der Waals surface area contributed by atoms with E-state index >= 15 is 0 Å². The molecule has 4 heteroatoms. The molecule has 0 aliphatic heterocycles. The summed E-state index contributed by atoms with van der Waals surface area (Å²) in [6.07, 6.45) is 6.97. The van der Waals surface area contributed by atoms with Gasteiger partial charge in [0.15, 0.2) is 0 Å². The molecule has 0 amide bonds. The minimum Gasteiger partial charge on any atom is -0.398 e. The molecule has 4 nitrogen and oxygen atoms in total. The van der Waals surface area contributed by atoms with E-state index in [-0.39, 0.29) is 0 Å². The van der Waals surface area contributed by atoms with E-state index in [1.165, 1.54) is 25.7 Å². The molecule has 1 atom stereocenters. The summed E-state index contributed by atoms with van der Waals surface area (Å²) in [5.41, 5.74) is 8.23. The Labute approximate surface area is 119 Å². The van der Waals surface area contributed by atoms with Crippen LogP contribution in [-0.4, -0.2) is 14.9 Å². The molecule has 3 rings (SSSR count). The predicted octanol–water partition coefficient (Wildman–Crippen LogP) is 2.86. The number of benzene rings is 1. The zero-order chi connectivity index (χ0) is 13.9. The summed E-state index contributed by atoms with van der Waals surface area (Å²) < 4.78 is 2.06. The highest BCUT2D eigenvalue weighted by Crippen LogP contribution is 2.29. The van der Waals surface area contributed by atoms with Gasteiger partial charge in [-0.25, -0.2) is 0 Å². The molecule has 0 spiro atoms. The van der Waals surface area contributed by atoms with Crippen LogP contribution in [0.5, 0.6) is 0 Å². The lowest BCUT2D eigenvalue weighted by atomic mass is 10.0. The lowest BCUT2D eigenvalue weighted by Crippen LogP contribution is -2.08. The molecule has 1 unspecified atom stereocenters. The molecule has 20 heavy (non-hydrogen) atoms. The molecule has 0 radical (unpaired) electrons. The van der Waals surface area contributed by atoms with Gasteiger partial charge in [-0.3, -0.25) is 4.68 Å². The summed E-state index contributed by atoms with van der Waals surface area (Å²) in [7, 11) is 0. The Bertz CT molecular complexity index is 573. The van der Waals surface area contributed by atoms with Crippen molar-refractivity contribution < 1.29 is 5.11 Å². The van der Waals surface area contributed by atoms with E-state index in [1.54, 1.807) is 0 Å². The van der Waals surface area contributed by atoms with Crippen LogP contribution in [0.2, 0.25) is 0 Å². The number of nitrogens with zero attached hydrogens (tertiary/aromatic N) is 2. The van der Waals surface area contributed by atoms with Gasteiger partial charge in [0.1, 0.15) is 0 Å². The van der Waals surface area contributed by atoms with Gasteiger partial charge in [0.05, 0.1) is 17.8 Å². The van der Waals surface area contributed by atoms with Gasteiger partial charge in [-0.2, -0.15) is 5.10 Å². The molecule has 106 valence electrons. The zero-order valence-corrected chi connectivity index (χ0v) is 11.6. The van der Waals surface area contributed by atoms with Crippen LogP contribution in [-0.2, 0) is 6.42 Å². The van der Waals surface area contributed by atoms with Crippen molar-refractivity contribution in [2.24, 2.45) is 0 Å². The van der Waals surface area contributed by atoms with Gasteiger partial charge >= 0.3 is 0 Å². The fraction of sp³-hybridized carbons (Fsp3) is 0.438. The summed E-state index contributed by atoms with van der Waals surface area (Å²) in [6, 6.07) is 10.00. The van der Waals surface area contributed by atoms with Gasteiger partial charge in [0.2, 0.25) is 0 Å². The van der Waals surface area contributed by atoms with Crippen LogP contribution in [0.25, 0.3) is 0 Å². The lowest BCUT2D eigenvalue weighted by Gasteiger charge is -2.12. The molecule has 0 saturated heterocycles.